The third-order valence-electron chi connectivity index (χ3n) is 3.64. The van der Waals surface area contributed by atoms with Crippen molar-refractivity contribution in [3.8, 4) is 5.69 Å². The van der Waals surface area contributed by atoms with E-state index in [1.165, 1.54) is 0 Å². The van der Waals surface area contributed by atoms with Crippen LogP contribution in [-0.2, 0) is 16.1 Å². The van der Waals surface area contributed by atoms with Crippen molar-refractivity contribution in [2.75, 3.05) is 6.54 Å². The first-order chi connectivity index (χ1) is 10.1. The number of aliphatic carboxylic acids is 1. The monoisotopic (exact) mass is 285 g/mol. The van der Waals surface area contributed by atoms with Gasteiger partial charge in [-0.2, -0.15) is 5.10 Å². The molecule has 1 aliphatic rings. The van der Waals surface area contributed by atoms with Crippen molar-refractivity contribution in [1.82, 2.24) is 14.7 Å². The Morgan fingerprint density at radius 2 is 2.10 bits per heavy atom. The summed E-state index contributed by atoms with van der Waals surface area (Å²) in [6.45, 7) is 0.733. The zero-order chi connectivity index (χ0) is 14.8. The van der Waals surface area contributed by atoms with Crippen molar-refractivity contribution in [1.29, 1.82) is 0 Å². The number of benzene rings is 1. The minimum Gasteiger partial charge on any atom is -0.481 e. The van der Waals surface area contributed by atoms with Gasteiger partial charge in [-0.15, -0.1) is 0 Å². The predicted octanol–water partition coefficient (Wildman–Crippen LogP) is 1.31. The number of hydrogen-bond acceptors (Lipinski definition) is 3. The van der Waals surface area contributed by atoms with Crippen LogP contribution in [0.3, 0.4) is 0 Å². The zero-order valence-corrected chi connectivity index (χ0v) is 11.3. The number of carbonyl (C=O) groups is 2. The second-order valence-electron chi connectivity index (χ2n) is 5.13. The quantitative estimate of drug-likeness (QED) is 0.919. The van der Waals surface area contributed by atoms with Crippen LogP contribution in [0, 0.1) is 5.92 Å². The van der Waals surface area contributed by atoms with Gasteiger partial charge in [0.25, 0.3) is 0 Å². The van der Waals surface area contributed by atoms with Crippen LogP contribution in [0.15, 0.2) is 42.7 Å². The molecular weight excluding hydrogens is 270 g/mol. The summed E-state index contributed by atoms with van der Waals surface area (Å²) < 4.78 is 1.76. The number of carboxylic acids is 1. The maximum Gasteiger partial charge on any atom is 0.308 e. The molecular formula is C15H15N3O3. The molecule has 6 heteroatoms. The molecule has 6 nitrogen and oxygen atoms in total. The van der Waals surface area contributed by atoms with E-state index < -0.39 is 11.9 Å². The number of carboxylic acid groups (broad SMARTS) is 1. The van der Waals surface area contributed by atoms with E-state index >= 15 is 0 Å². The molecule has 0 bridgehead atoms. The van der Waals surface area contributed by atoms with E-state index in [4.69, 9.17) is 5.11 Å². The number of amides is 1. The highest BCUT2D eigenvalue weighted by Crippen LogP contribution is 2.20. The molecule has 1 N–H and O–H groups in total. The molecule has 0 spiro atoms. The number of rotatable bonds is 4. The van der Waals surface area contributed by atoms with E-state index in [-0.39, 0.29) is 18.9 Å². The van der Waals surface area contributed by atoms with Crippen LogP contribution in [0.5, 0.6) is 0 Å². The molecule has 1 saturated heterocycles. The molecule has 21 heavy (non-hydrogen) atoms. The fourth-order valence-electron chi connectivity index (χ4n) is 2.49. The third-order valence-corrected chi connectivity index (χ3v) is 3.64. The highest BCUT2D eigenvalue weighted by Gasteiger charge is 2.33. The summed E-state index contributed by atoms with van der Waals surface area (Å²) in [4.78, 5) is 24.3. The highest BCUT2D eigenvalue weighted by atomic mass is 16.4. The smallest absolute Gasteiger partial charge is 0.308 e. The third kappa shape index (κ3) is 2.79. The summed E-state index contributed by atoms with van der Waals surface area (Å²) in [6, 6.07) is 9.56. The number of carbonyl (C=O) groups excluding carboxylic acids is 1. The molecule has 1 aromatic heterocycles. The first-order valence-corrected chi connectivity index (χ1v) is 6.73. The van der Waals surface area contributed by atoms with Crippen LogP contribution in [0.25, 0.3) is 5.69 Å². The lowest BCUT2D eigenvalue weighted by Gasteiger charge is -2.16. The molecule has 108 valence electrons. The summed E-state index contributed by atoms with van der Waals surface area (Å²) in [7, 11) is 0. The lowest BCUT2D eigenvalue weighted by molar-refractivity contribution is -0.141. The van der Waals surface area contributed by atoms with Crippen molar-refractivity contribution in [3.05, 3.63) is 48.3 Å². The van der Waals surface area contributed by atoms with E-state index in [9.17, 15) is 9.59 Å². The normalized spacial score (nSPS) is 18.2. The van der Waals surface area contributed by atoms with E-state index in [0.29, 0.717) is 6.54 Å². The molecule has 1 unspecified atom stereocenters. The van der Waals surface area contributed by atoms with Crippen molar-refractivity contribution >= 4 is 11.9 Å². The van der Waals surface area contributed by atoms with Gasteiger partial charge in [-0.05, 0) is 23.8 Å². The molecule has 1 atom stereocenters. The van der Waals surface area contributed by atoms with Gasteiger partial charge in [-0.25, -0.2) is 4.68 Å². The Labute approximate surface area is 121 Å². The Kier molecular flexibility index (Phi) is 3.43. The molecule has 0 radical (unpaired) electrons. The van der Waals surface area contributed by atoms with Crippen LogP contribution in [0.2, 0.25) is 0 Å². The zero-order valence-electron chi connectivity index (χ0n) is 11.3. The molecule has 0 saturated carbocycles. The lowest BCUT2D eigenvalue weighted by Crippen LogP contribution is -2.25. The first-order valence-electron chi connectivity index (χ1n) is 6.73. The van der Waals surface area contributed by atoms with E-state index in [1.807, 2.05) is 36.5 Å². The summed E-state index contributed by atoms with van der Waals surface area (Å²) in [5, 5.41) is 13.1. The van der Waals surface area contributed by atoms with E-state index in [2.05, 4.69) is 5.10 Å². The summed E-state index contributed by atoms with van der Waals surface area (Å²) in [6.07, 6.45) is 3.67. The van der Waals surface area contributed by atoms with Crippen LogP contribution < -0.4 is 0 Å². The van der Waals surface area contributed by atoms with Crippen LogP contribution >= 0.6 is 0 Å². The number of hydrogen-bond donors (Lipinski definition) is 1. The molecule has 2 aromatic rings. The number of aromatic nitrogens is 2. The summed E-state index contributed by atoms with van der Waals surface area (Å²) >= 11 is 0. The Hall–Kier alpha value is -2.63. The number of nitrogens with zero attached hydrogens (tertiary/aromatic N) is 3. The summed E-state index contributed by atoms with van der Waals surface area (Å²) in [5.74, 6) is -1.58. The molecule has 2 heterocycles. The van der Waals surface area contributed by atoms with Crippen molar-refractivity contribution in [2.24, 2.45) is 5.92 Å². The Bertz CT molecular complexity index is 649. The Balaban J connectivity index is 1.68. The molecule has 1 amide bonds. The average molecular weight is 285 g/mol. The van der Waals surface area contributed by atoms with Gasteiger partial charge in [0.2, 0.25) is 5.91 Å². The maximum atomic E-state index is 11.8. The second-order valence-corrected chi connectivity index (χ2v) is 5.13. The SMILES string of the molecule is O=C(O)C1CC(=O)N(Cc2ccc(-n3cccn3)cc2)C1. The van der Waals surface area contributed by atoms with Gasteiger partial charge in [-0.3, -0.25) is 9.59 Å². The Morgan fingerprint density at radius 1 is 1.33 bits per heavy atom. The molecule has 1 aromatic carbocycles. The Morgan fingerprint density at radius 3 is 2.67 bits per heavy atom. The minimum atomic E-state index is -0.903. The second kappa shape index (κ2) is 5.40. The van der Waals surface area contributed by atoms with Gasteiger partial charge in [-0.1, -0.05) is 12.1 Å². The van der Waals surface area contributed by atoms with Crippen molar-refractivity contribution in [2.45, 2.75) is 13.0 Å². The molecule has 1 fully saturated rings. The van der Waals surface area contributed by atoms with Crippen LogP contribution in [0.4, 0.5) is 0 Å². The van der Waals surface area contributed by atoms with Gasteiger partial charge < -0.3 is 10.0 Å². The molecule has 0 aliphatic carbocycles. The molecule has 3 rings (SSSR count). The largest absolute Gasteiger partial charge is 0.481 e. The lowest BCUT2D eigenvalue weighted by atomic mass is 10.1. The van der Waals surface area contributed by atoms with Crippen molar-refractivity contribution in [3.63, 3.8) is 0 Å². The van der Waals surface area contributed by atoms with Crippen LogP contribution in [0.1, 0.15) is 12.0 Å². The standard InChI is InChI=1S/C15H15N3O3/c19-14-8-12(15(20)21)10-17(14)9-11-2-4-13(5-3-11)18-7-1-6-16-18/h1-7,12H,8-10H2,(H,20,21). The predicted molar refractivity (Wildman–Crippen MR) is 74.7 cm³/mol. The topological polar surface area (TPSA) is 75.4 Å². The highest BCUT2D eigenvalue weighted by molar-refractivity contribution is 5.86. The molecule has 1 aliphatic heterocycles. The van der Waals surface area contributed by atoms with E-state index in [0.717, 1.165) is 11.3 Å². The van der Waals surface area contributed by atoms with Crippen molar-refractivity contribution < 1.29 is 14.7 Å². The van der Waals surface area contributed by atoms with Gasteiger partial charge in [0.05, 0.1) is 11.6 Å². The van der Waals surface area contributed by atoms with E-state index in [1.54, 1.807) is 15.8 Å². The summed E-state index contributed by atoms with van der Waals surface area (Å²) in [5.41, 5.74) is 1.92. The first kappa shape index (κ1) is 13.4. The fourth-order valence-corrected chi connectivity index (χ4v) is 2.49. The van der Waals surface area contributed by atoms with Gasteiger partial charge >= 0.3 is 5.97 Å². The average Bonchev–Trinajstić information content (AvgIpc) is 3.10. The fraction of sp³-hybridized carbons (Fsp3) is 0.267. The van der Waals surface area contributed by atoms with Gasteiger partial charge in [0.1, 0.15) is 0 Å². The minimum absolute atomic E-state index is 0.0979. The maximum absolute atomic E-state index is 11.8. The number of likely N-dealkylation sites (tertiary alicyclic amines) is 1. The van der Waals surface area contributed by atoms with Crippen LogP contribution in [-0.4, -0.2) is 38.2 Å². The van der Waals surface area contributed by atoms with Gasteiger partial charge in [0.15, 0.2) is 0 Å². The van der Waals surface area contributed by atoms with Gasteiger partial charge in [0, 0.05) is 31.9 Å².